The third kappa shape index (κ3) is 3.45. The molecule has 2 unspecified atom stereocenters. The minimum absolute atomic E-state index is 0.279. The van der Waals surface area contributed by atoms with Crippen molar-refractivity contribution in [1.29, 1.82) is 0 Å². The van der Waals surface area contributed by atoms with E-state index >= 15 is 0 Å². The van der Waals surface area contributed by atoms with Crippen molar-refractivity contribution in [1.82, 2.24) is 10.3 Å². The zero-order chi connectivity index (χ0) is 13.7. The summed E-state index contributed by atoms with van der Waals surface area (Å²) in [5.74, 6) is 1.46. The molecule has 1 aromatic heterocycles. The van der Waals surface area contributed by atoms with Crippen LogP contribution in [0.25, 0.3) is 0 Å². The third-order valence-corrected chi connectivity index (χ3v) is 3.87. The van der Waals surface area contributed by atoms with E-state index in [1.807, 2.05) is 12.3 Å². The normalized spacial score (nSPS) is 21.4. The fourth-order valence-electron chi connectivity index (χ4n) is 2.83. The first-order valence-electron chi connectivity index (χ1n) is 7.30. The summed E-state index contributed by atoms with van der Waals surface area (Å²) >= 11 is 0. The molecule has 0 saturated carbocycles. The van der Waals surface area contributed by atoms with Crippen LogP contribution in [0.1, 0.15) is 38.3 Å². The van der Waals surface area contributed by atoms with Crippen molar-refractivity contribution in [2.75, 3.05) is 31.1 Å². The molecule has 2 N–H and O–H groups in total. The molecule has 0 bridgehead atoms. The van der Waals surface area contributed by atoms with Gasteiger partial charge in [0.25, 0.3) is 0 Å². The molecule has 19 heavy (non-hydrogen) atoms. The largest absolute Gasteiger partial charge is 0.396 e. The Morgan fingerprint density at radius 2 is 2.42 bits per heavy atom. The minimum atomic E-state index is 0.279. The van der Waals surface area contributed by atoms with Crippen LogP contribution in [0.4, 0.5) is 5.82 Å². The zero-order valence-electron chi connectivity index (χ0n) is 12.0. The van der Waals surface area contributed by atoms with Crippen molar-refractivity contribution in [3.8, 4) is 0 Å². The number of aliphatic hydroxyl groups is 1. The molecular weight excluding hydrogens is 238 g/mol. The van der Waals surface area contributed by atoms with Crippen LogP contribution in [-0.2, 0) is 0 Å². The molecule has 1 fully saturated rings. The monoisotopic (exact) mass is 263 g/mol. The van der Waals surface area contributed by atoms with Gasteiger partial charge in [-0.05, 0) is 38.3 Å². The van der Waals surface area contributed by atoms with Gasteiger partial charge in [0.1, 0.15) is 5.82 Å². The molecule has 1 saturated heterocycles. The number of rotatable bonds is 5. The highest BCUT2D eigenvalue weighted by Crippen LogP contribution is 2.27. The van der Waals surface area contributed by atoms with Gasteiger partial charge in [-0.2, -0.15) is 0 Å². The van der Waals surface area contributed by atoms with Crippen molar-refractivity contribution < 1.29 is 5.11 Å². The third-order valence-electron chi connectivity index (χ3n) is 3.87. The van der Waals surface area contributed by atoms with Crippen LogP contribution in [0.15, 0.2) is 18.3 Å². The maximum Gasteiger partial charge on any atom is 0.133 e. The smallest absolute Gasteiger partial charge is 0.133 e. The number of nitrogens with zero attached hydrogens (tertiary/aromatic N) is 2. The molecule has 0 radical (unpaired) electrons. The highest BCUT2D eigenvalue weighted by molar-refractivity contribution is 5.48. The predicted octanol–water partition coefficient (Wildman–Crippen LogP) is 1.96. The number of hydrogen-bond donors (Lipinski definition) is 2. The van der Waals surface area contributed by atoms with Gasteiger partial charge >= 0.3 is 0 Å². The Morgan fingerprint density at radius 1 is 1.58 bits per heavy atom. The summed E-state index contributed by atoms with van der Waals surface area (Å²) in [4.78, 5) is 6.91. The summed E-state index contributed by atoms with van der Waals surface area (Å²) in [6, 6.07) is 4.46. The average molecular weight is 263 g/mol. The van der Waals surface area contributed by atoms with Gasteiger partial charge < -0.3 is 15.3 Å². The molecule has 4 heteroatoms. The average Bonchev–Trinajstić information content (AvgIpc) is 2.47. The van der Waals surface area contributed by atoms with E-state index in [1.165, 1.54) is 5.56 Å². The lowest BCUT2D eigenvalue weighted by Gasteiger charge is -2.34. The van der Waals surface area contributed by atoms with Gasteiger partial charge in [-0.1, -0.05) is 13.0 Å². The molecule has 1 aromatic rings. The van der Waals surface area contributed by atoms with E-state index in [0.29, 0.717) is 12.0 Å². The van der Waals surface area contributed by atoms with Crippen LogP contribution in [0, 0.1) is 5.92 Å². The van der Waals surface area contributed by atoms with Gasteiger partial charge in [0.05, 0.1) is 0 Å². The summed E-state index contributed by atoms with van der Waals surface area (Å²) in [6.07, 6.45) is 4.12. The summed E-state index contributed by atoms with van der Waals surface area (Å²) in [7, 11) is 0. The molecular formula is C15H25N3O. The first-order chi connectivity index (χ1) is 9.26. The predicted molar refractivity (Wildman–Crippen MR) is 78.4 cm³/mol. The second-order valence-corrected chi connectivity index (χ2v) is 5.33. The Hall–Kier alpha value is -1.13. The lowest BCUT2D eigenvalue weighted by molar-refractivity contribution is 0.208. The number of anilines is 1. The molecule has 0 aliphatic carbocycles. The number of nitrogens with one attached hydrogen (secondary N) is 1. The Bertz CT molecular complexity index is 397. The summed E-state index contributed by atoms with van der Waals surface area (Å²) in [5.41, 5.74) is 1.25. The minimum Gasteiger partial charge on any atom is -0.396 e. The maximum absolute atomic E-state index is 9.36. The van der Waals surface area contributed by atoms with Gasteiger partial charge in [0.15, 0.2) is 0 Å². The number of hydrogen-bond acceptors (Lipinski definition) is 4. The second-order valence-electron chi connectivity index (χ2n) is 5.33. The van der Waals surface area contributed by atoms with Gasteiger partial charge in [0.2, 0.25) is 0 Å². The molecule has 1 aliphatic heterocycles. The molecule has 2 heterocycles. The molecule has 2 rings (SSSR count). The quantitative estimate of drug-likeness (QED) is 0.852. The van der Waals surface area contributed by atoms with Gasteiger partial charge in [-0.25, -0.2) is 4.98 Å². The van der Waals surface area contributed by atoms with E-state index in [-0.39, 0.29) is 6.61 Å². The molecule has 0 spiro atoms. The summed E-state index contributed by atoms with van der Waals surface area (Å²) in [6.45, 7) is 7.49. The highest BCUT2D eigenvalue weighted by atomic mass is 16.3. The van der Waals surface area contributed by atoms with Crippen LogP contribution < -0.4 is 10.2 Å². The van der Waals surface area contributed by atoms with Crippen LogP contribution in [0.2, 0.25) is 0 Å². The Kier molecular flexibility index (Phi) is 5.16. The number of aliphatic hydroxyl groups excluding tert-OH is 1. The maximum atomic E-state index is 9.36. The SMILES string of the molecule is CCNC(C)c1cccnc1N1CCCC(CO)C1. The van der Waals surface area contributed by atoms with E-state index in [2.05, 4.69) is 35.1 Å². The van der Waals surface area contributed by atoms with Gasteiger partial charge in [0, 0.05) is 37.5 Å². The van der Waals surface area contributed by atoms with E-state index in [1.54, 1.807) is 0 Å². The van der Waals surface area contributed by atoms with Gasteiger partial charge in [-0.15, -0.1) is 0 Å². The van der Waals surface area contributed by atoms with E-state index in [0.717, 1.165) is 38.3 Å². The lowest BCUT2D eigenvalue weighted by atomic mass is 9.98. The second kappa shape index (κ2) is 6.87. The molecule has 2 atom stereocenters. The topological polar surface area (TPSA) is 48.4 Å². The van der Waals surface area contributed by atoms with Crippen molar-refractivity contribution >= 4 is 5.82 Å². The Morgan fingerprint density at radius 3 is 3.16 bits per heavy atom. The fourth-order valence-corrected chi connectivity index (χ4v) is 2.83. The molecule has 1 aliphatic rings. The zero-order valence-corrected chi connectivity index (χ0v) is 12.0. The summed E-state index contributed by atoms with van der Waals surface area (Å²) < 4.78 is 0. The van der Waals surface area contributed by atoms with Crippen LogP contribution in [-0.4, -0.2) is 36.3 Å². The standard InChI is InChI=1S/C15H25N3O/c1-3-16-12(2)14-7-4-8-17-15(14)18-9-5-6-13(10-18)11-19/h4,7-8,12-13,16,19H,3,5-6,9-11H2,1-2H3. The highest BCUT2D eigenvalue weighted by Gasteiger charge is 2.23. The van der Waals surface area contributed by atoms with Crippen molar-refractivity contribution in [2.45, 2.75) is 32.7 Å². The van der Waals surface area contributed by atoms with E-state index in [9.17, 15) is 5.11 Å². The molecule has 106 valence electrons. The van der Waals surface area contributed by atoms with Crippen LogP contribution >= 0.6 is 0 Å². The molecule has 4 nitrogen and oxygen atoms in total. The fraction of sp³-hybridized carbons (Fsp3) is 0.667. The first kappa shape index (κ1) is 14.3. The Balaban J connectivity index is 2.18. The Labute approximate surface area is 115 Å². The van der Waals surface area contributed by atoms with Gasteiger partial charge in [-0.3, -0.25) is 0 Å². The van der Waals surface area contributed by atoms with E-state index < -0.39 is 0 Å². The number of pyridine rings is 1. The van der Waals surface area contributed by atoms with Crippen molar-refractivity contribution in [3.63, 3.8) is 0 Å². The number of piperidine rings is 1. The molecule has 0 aromatic carbocycles. The summed E-state index contributed by atoms with van der Waals surface area (Å²) in [5, 5.41) is 12.8. The van der Waals surface area contributed by atoms with E-state index in [4.69, 9.17) is 0 Å². The molecule has 0 amide bonds. The van der Waals surface area contributed by atoms with Crippen LogP contribution in [0.3, 0.4) is 0 Å². The lowest BCUT2D eigenvalue weighted by Crippen LogP contribution is -2.38. The van der Waals surface area contributed by atoms with Crippen molar-refractivity contribution in [3.05, 3.63) is 23.9 Å². The van der Waals surface area contributed by atoms with Crippen LogP contribution in [0.5, 0.6) is 0 Å². The number of aromatic nitrogens is 1. The first-order valence-corrected chi connectivity index (χ1v) is 7.30. The van der Waals surface area contributed by atoms with Crippen molar-refractivity contribution in [2.24, 2.45) is 5.92 Å².